The summed E-state index contributed by atoms with van der Waals surface area (Å²) < 4.78 is 1.13. The maximum absolute atomic E-state index is 3.49. The highest BCUT2D eigenvalue weighted by molar-refractivity contribution is 9.10. The van der Waals surface area contributed by atoms with Crippen molar-refractivity contribution in [3.63, 3.8) is 0 Å². The van der Waals surface area contributed by atoms with Gasteiger partial charge in [-0.2, -0.15) is 0 Å². The molecule has 0 saturated carbocycles. The average molecular weight is 270 g/mol. The van der Waals surface area contributed by atoms with Gasteiger partial charge in [0.1, 0.15) is 0 Å². The van der Waals surface area contributed by atoms with Crippen LogP contribution in [-0.2, 0) is 0 Å². The molecule has 15 heavy (non-hydrogen) atoms. The second-order valence-electron chi connectivity index (χ2n) is 3.68. The number of hydrogen-bond donors (Lipinski definition) is 2. The molecule has 1 aliphatic heterocycles. The van der Waals surface area contributed by atoms with E-state index < -0.39 is 0 Å². The minimum Gasteiger partial charge on any atom is -0.382 e. The van der Waals surface area contributed by atoms with Gasteiger partial charge in [-0.25, -0.2) is 0 Å². The minimum atomic E-state index is 1.02. The van der Waals surface area contributed by atoms with Crippen molar-refractivity contribution in [2.24, 2.45) is 0 Å². The van der Waals surface area contributed by atoms with Gasteiger partial charge in [0.2, 0.25) is 0 Å². The van der Waals surface area contributed by atoms with Crippen LogP contribution in [0.2, 0.25) is 0 Å². The van der Waals surface area contributed by atoms with Crippen molar-refractivity contribution in [2.75, 3.05) is 43.4 Å². The van der Waals surface area contributed by atoms with E-state index in [-0.39, 0.29) is 0 Å². The van der Waals surface area contributed by atoms with Crippen molar-refractivity contribution >= 4 is 27.3 Å². The predicted molar refractivity (Wildman–Crippen MR) is 68.8 cm³/mol. The van der Waals surface area contributed by atoms with Gasteiger partial charge in [0.15, 0.2) is 0 Å². The third-order valence-corrected chi connectivity index (χ3v) is 3.12. The van der Waals surface area contributed by atoms with Crippen LogP contribution in [0.5, 0.6) is 0 Å². The van der Waals surface area contributed by atoms with Gasteiger partial charge in [-0.15, -0.1) is 0 Å². The standard InChI is InChI=1S/C11H16BrN3/c1-13-4-6-15-7-5-14-10-8-9(12)2-3-11(10)15/h2-3,8,13-14H,4-7H2,1H3. The van der Waals surface area contributed by atoms with Crippen molar-refractivity contribution in [3.05, 3.63) is 22.7 Å². The van der Waals surface area contributed by atoms with Crippen molar-refractivity contribution in [1.82, 2.24) is 5.32 Å². The number of halogens is 1. The Morgan fingerprint density at radius 2 is 2.40 bits per heavy atom. The van der Waals surface area contributed by atoms with Crippen molar-refractivity contribution in [2.45, 2.75) is 0 Å². The summed E-state index contributed by atoms with van der Waals surface area (Å²) in [5.74, 6) is 0. The summed E-state index contributed by atoms with van der Waals surface area (Å²) in [6.07, 6.45) is 0. The lowest BCUT2D eigenvalue weighted by molar-refractivity contribution is 0.719. The van der Waals surface area contributed by atoms with Gasteiger partial charge in [0, 0.05) is 30.7 Å². The second kappa shape index (κ2) is 4.86. The van der Waals surface area contributed by atoms with Crippen LogP contribution >= 0.6 is 15.9 Å². The molecule has 3 nitrogen and oxygen atoms in total. The van der Waals surface area contributed by atoms with E-state index in [1.54, 1.807) is 0 Å². The molecule has 0 radical (unpaired) electrons. The van der Waals surface area contributed by atoms with Crippen LogP contribution in [-0.4, -0.2) is 33.2 Å². The molecule has 0 bridgehead atoms. The van der Waals surface area contributed by atoms with Crippen LogP contribution in [0.1, 0.15) is 0 Å². The average Bonchev–Trinajstić information content (AvgIpc) is 2.25. The first-order chi connectivity index (χ1) is 7.31. The van der Waals surface area contributed by atoms with E-state index in [4.69, 9.17) is 0 Å². The summed E-state index contributed by atoms with van der Waals surface area (Å²) >= 11 is 3.49. The summed E-state index contributed by atoms with van der Waals surface area (Å²) in [5.41, 5.74) is 2.53. The van der Waals surface area contributed by atoms with E-state index in [1.807, 2.05) is 7.05 Å². The Balaban J connectivity index is 2.18. The monoisotopic (exact) mass is 269 g/mol. The molecule has 2 rings (SSSR count). The van der Waals surface area contributed by atoms with Crippen LogP contribution < -0.4 is 15.5 Å². The highest BCUT2D eigenvalue weighted by Crippen LogP contribution is 2.31. The molecule has 1 aromatic rings. The van der Waals surface area contributed by atoms with E-state index in [0.29, 0.717) is 0 Å². The molecule has 1 heterocycles. The maximum atomic E-state index is 3.49. The largest absolute Gasteiger partial charge is 0.382 e. The molecule has 0 spiro atoms. The molecule has 1 aromatic carbocycles. The highest BCUT2D eigenvalue weighted by atomic mass is 79.9. The number of rotatable bonds is 3. The molecule has 0 aromatic heterocycles. The van der Waals surface area contributed by atoms with E-state index in [9.17, 15) is 0 Å². The van der Waals surface area contributed by atoms with Gasteiger partial charge in [-0.1, -0.05) is 15.9 Å². The van der Waals surface area contributed by atoms with Crippen molar-refractivity contribution in [1.29, 1.82) is 0 Å². The van der Waals surface area contributed by atoms with Crippen LogP contribution in [0.25, 0.3) is 0 Å². The Labute approximate surface area is 99.0 Å². The zero-order valence-corrected chi connectivity index (χ0v) is 10.5. The molecular weight excluding hydrogens is 254 g/mol. The molecule has 1 aliphatic rings. The molecule has 4 heteroatoms. The minimum absolute atomic E-state index is 1.02. The zero-order chi connectivity index (χ0) is 10.7. The third-order valence-electron chi connectivity index (χ3n) is 2.63. The molecule has 0 aliphatic carbocycles. The summed E-state index contributed by atoms with van der Waals surface area (Å²) in [7, 11) is 1.99. The Morgan fingerprint density at radius 1 is 1.53 bits per heavy atom. The van der Waals surface area contributed by atoms with Gasteiger partial charge >= 0.3 is 0 Å². The Bertz CT molecular complexity index is 341. The van der Waals surface area contributed by atoms with Gasteiger partial charge in [-0.3, -0.25) is 0 Å². The van der Waals surface area contributed by atoms with E-state index in [0.717, 1.165) is 30.7 Å². The van der Waals surface area contributed by atoms with E-state index in [2.05, 4.69) is 49.7 Å². The topological polar surface area (TPSA) is 27.3 Å². The molecular formula is C11H16BrN3. The second-order valence-corrected chi connectivity index (χ2v) is 4.59. The fourth-order valence-corrected chi connectivity index (χ4v) is 2.21. The quantitative estimate of drug-likeness (QED) is 0.878. The SMILES string of the molecule is CNCCN1CCNc2cc(Br)ccc21. The number of hydrogen-bond acceptors (Lipinski definition) is 3. The molecule has 2 N–H and O–H groups in total. The normalized spacial score (nSPS) is 14.7. The lowest BCUT2D eigenvalue weighted by Crippen LogP contribution is -2.38. The summed E-state index contributed by atoms with van der Waals surface area (Å²) in [4.78, 5) is 2.41. The maximum Gasteiger partial charge on any atom is 0.0603 e. The smallest absolute Gasteiger partial charge is 0.0603 e. The Morgan fingerprint density at radius 3 is 3.20 bits per heavy atom. The number of likely N-dealkylation sites (N-methyl/N-ethyl adjacent to an activating group) is 1. The van der Waals surface area contributed by atoms with E-state index >= 15 is 0 Å². The third kappa shape index (κ3) is 2.44. The number of benzene rings is 1. The lowest BCUT2D eigenvalue weighted by Gasteiger charge is -2.32. The van der Waals surface area contributed by atoms with Crippen molar-refractivity contribution in [3.8, 4) is 0 Å². The van der Waals surface area contributed by atoms with Gasteiger partial charge < -0.3 is 15.5 Å². The molecule has 0 amide bonds. The predicted octanol–water partition coefficient (Wildman–Crippen LogP) is 1.90. The van der Waals surface area contributed by atoms with Crippen molar-refractivity contribution < 1.29 is 0 Å². The van der Waals surface area contributed by atoms with Crippen LogP contribution in [0.3, 0.4) is 0 Å². The van der Waals surface area contributed by atoms with E-state index in [1.165, 1.54) is 11.4 Å². The van der Waals surface area contributed by atoms with Crippen LogP contribution in [0, 0.1) is 0 Å². The summed E-state index contributed by atoms with van der Waals surface area (Å²) in [5, 5.41) is 6.60. The fourth-order valence-electron chi connectivity index (χ4n) is 1.85. The molecule has 0 atom stereocenters. The van der Waals surface area contributed by atoms with Gasteiger partial charge in [0.25, 0.3) is 0 Å². The number of anilines is 2. The number of nitrogens with one attached hydrogen (secondary N) is 2. The van der Waals surface area contributed by atoms with Crippen LogP contribution in [0.4, 0.5) is 11.4 Å². The Hall–Kier alpha value is -0.740. The first-order valence-corrected chi connectivity index (χ1v) is 6.03. The fraction of sp³-hybridized carbons (Fsp3) is 0.455. The molecule has 0 saturated heterocycles. The highest BCUT2D eigenvalue weighted by Gasteiger charge is 2.15. The zero-order valence-electron chi connectivity index (χ0n) is 8.89. The lowest BCUT2D eigenvalue weighted by atomic mass is 10.2. The number of fused-ring (bicyclic) bond motifs is 1. The Kier molecular flexibility index (Phi) is 3.49. The summed E-state index contributed by atoms with van der Waals surface area (Å²) in [6.45, 7) is 4.19. The molecule has 0 fully saturated rings. The number of nitrogens with zero attached hydrogens (tertiary/aromatic N) is 1. The van der Waals surface area contributed by atoms with Gasteiger partial charge in [0.05, 0.1) is 11.4 Å². The first kappa shape index (κ1) is 10.8. The first-order valence-electron chi connectivity index (χ1n) is 5.24. The van der Waals surface area contributed by atoms with Crippen LogP contribution in [0.15, 0.2) is 22.7 Å². The van der Waals surface area contributed by atoms with Gasteiger partial charge in [-0.05, 0) is 25.2 Å². The molecule has 82 valence electrons. The molecule has 0 unspecified atom stereocenters. The summed E-state index contributed by atoms with van der Waals surface area (Å²) in [6, 6.07) is 6.40.